The minimum absolute atomic E-state index is 0. The van der Waals surface area contributed by atoms with E-state index in [0.717, 1.165) is 7.11 Å². The number of aliphatic hydroxyl groups excluding tert-OH is 1. The quantitative estimate of drug-likeness (QED) is 0.161. The fourth-order valence-electron chi connectivity index (χ4n) is 1.88. The summed E-state index contributed by atoms with van der Waals surface area (Å²) in [6.45, 7) is 10.3. The molecule has 0 aromatic rings. The van der Waals surface area contributed by atoms with E-state index >= 15 is 0 Å². The maximum Gasteiger partial charge on any atom is 0.414 e. The predicted octanol–water partition coefficient (Wildman–Crippen LogP) is 1.67. The van der Waals surface area contributed by atoms with Gasteiger partial charge in [0.1, 0.15) is 11.2 Å². The molecule has 30 heavy (non-hydrogen) atoms. The van der Waals surface area contributed by atoms with Crippen LogP contribution in [0.5, 0.6) is 0 Å². The molecule has 0 spiro atoms. The highest BCUT2D eigenvalue weighted by Gasteiger charge is 2.23. The van der Waals surface area contributed by atoms with E-state index in [0.29, 0.717) is 6.42 Å². The van der Waals surface area contributed by atoms with Gasteiger partial charge in [0.2, 0.25) is 5.96 Å². The molecular weight excluding hydrogens is 396 g/mol. The predicted molar refractivity (Wildman–Crippen MR) is 113 cm³/mol. The Morgan fingerprint density at radius 2 is 1.43 bits per heavy atom. The van der Waals surface area contributed by atoms with Gasteiger partial charge < -0.3 is 25.1 Å². The van der Waals surface area contributed by atoms with Crippen molar-refractivity contribution in [2.75, 3.05) is 13.7 Å². The lowest BCUT2D eigenvalue weighted by atomic mass is 10.1. The third-order valence-electron chi connectivity index (χ3n) is 3.05. The van der Waals surface area contributed by atoms with Crippen LogP contribution < -0.4 is 16.4 Å². The van der Waals surface area contributed by atoms with Crippen LogP contribution in [0.15, 0.2) is 4.99 Å². The molecule has 0 aliphatic rings. The standard InChI is InChI=1S/C18H34N4O7.CH4/c1-17(2,3)28-15(25)21-14(22-16(26)29-18(4,5)6)20-10-8-9-11(19)12(23)13(24)27-7;/h11-12,23H,8-10,19H2,1-7H3,(H2,20,21,22,25,26);1H4/t11-,12?;/m0./s1. The summed E-state index contributed by atoms with van der Waals surface area (Å²) in [6.07, 6.45) is -2.42. The minimum Gasteiger partial charge on any atom is -0.467 e. The monoisotopic (exact) mass is 434 g/mol. The molecule has 0 saturated heterocycles. The van der Waals surface area contributed by atoms with Crippen LogP contribution in [-0.4, -0.2) is 66.2 Å². The summed E-state index contributed by atoms with van der Waals surface area (Å²) in [5.74, 6) is -0.976. The Labute approximate surface area is 178 Å². The molecule has 0 aliphatic heterocycles. The van der Waals surface area contributed by atoms with Crippen LogP contribution in [0.25, 0.3) is 0 Å². The fraction of sp³-hybridized carbons (Fsp3) is 0.789. The van der Waals surface area contributed by atoms with Crippen molar-refractivity contribution in [1.82, 2.24) is 10.6 Å². The number of hydrogen-bond acceptors (Lipinski definition) is 9. The Bertz CT molecular complexity index is 563. The van der Waals surface area contributed by atoms with E-state index in [-0.39, 0.29) is 26.4 Å². The number of guanidine groups is 1. The van der Waals surface area contributed by atoms with Crippen LogP contribution in [0.2, 0.25) is 0 Å². The maximum atomic E-state index is 12.0. The van der Waals surface area contributed by atoms with Gasteiger partial charge in [-0.1, -0.05) is 7.43 Å². The number of alkyl carbamates (subject to hydrolysis) is 2. The highest BCUT2D eigenvalue weighted by Crippen LogP contribution is 2.08. The number of carbonyl (C=O) groups is 3. The number of nitrogens with one attached hydrogen (secondary N) is 2. The zero-order valence-corrected chi connectivity index (χ0v) is 18.2. The second kappa shape index (κ2) is 13.0. The second-order valence-electron chi connectivity index (χ2n) is 8.26. The number of hydrogen-bond donors (Lipinski definition) is 4. The van der Waals surface area contributed by atoms with E-state index in [1.165, 1.54) is 0 Å². The van der Waals surface area contributed by atoms with Gasteiger partial charge in [0.05, 0.1) is 7.11 Å². The molecule has 0 rings (SSSR count). The highest BCUT2D eigenvalue weighted by atomic mass is 16.6. The number of amides is 2. The van der Waals surface area contributed by atoms with Crippen molar-refractivity contribution in [1.29, 1.82) is 0 Å². The van der Waals surface area contributed by atoms with Crippen molar-refractivity contribution >= 4 is 24.1 Å². The van der Waals surface area contributed by atoms with Crippen molar-refractivity contribution < 1.29 is 33.7 Å². The average molecular weight is 435 g/mol. The van der Waals surface area contributed by atoms with Gasteiger partial charge in [-0.3, -0.25) is 15.6 Å². The topological polar surface area (TPSA) is 162 Å². The van der Waals surface area contributed by atoms with E-state index in [4.69, 9.17) is 15.2 Å². The lowest BCUT2D eigenvalue weighted by Crippen LogP contribution is -2.47. The molecule has 2 amide bonds. The van der Waals surface area contributed by atoms with E-state index in [2.05, 4.69) is 20.4 Å². The number of ether oxygens (including phenoxy) is 3. The van der Waals surface area contributed by atoms with Crippen LogP contribution in [0, 0.1) is 0 Å². The van der Waals surface area contributed by atoms with E-state index in [1.54, 1.807) is 41.5 Å². The van der Waals surface area contributed by atoms with Crippen molar-refractivity contribution in [2.45, 2.75) is 85.2 Å². The molecule has 11 nitrogen and oxygen atoms in total. The van der Waals surface area contributed by atoms with Crippen LogP contribution in [0.1, 0.15) is 61.8 Å². The van der Waals surface area contributed by atoms with Crippen LogP contribution >= 0.6 is 0 Å². The zero-order valence-electron chi connectivity index (χ0n) is 18.2. The molecule has 0 aromatic heterocycles. The summed E-state index contributed by atoms with van der Waals surface area (Å²) >= 11 is 0. The van der Waals surface area contributed by atoms with Crippen molar-refractivity contribution in [2.24, 2.45) is 10.7 Å². The number of rotatable bonds is 6. The number of nitrogens with zero attached hydrogens (tertiary/aromatic N) is 1. The summed E-state index contributed by atoms with van der Waals surface area (Å²) in [5.41, 5.74) is 4.26. The van der Waals surface area contributed by atoms with Gasteiger partial charge in [0, 0.05) is 12.6 Å². The molecule has 1 unspecified atom stereocenters. The average Bonchev–Trinajstić information content (AvgIpc) is 2.53. The molecule has 5 N–H and O–H groups in total. The Balaban J connectivity index is 0. The molecule has 176 valence electrons. The summed E-state index contributed by atoms with van der Waals surface area (Å²) in [7, 11) is 1.15. The van der Waals surface area contributed by atoms with Crippen molar-refractivity contribution in [3.8, 4) is 0 Å². The Kier molecular flexibility index (Phi) is 12.9. The number of aliphatic imine (C=N–C) groups is 1. The third kappa shape index (κ3) is 14.6. The molecular formula is C19H38N4O7. The summed E-state index contributed by atoms with van der Waals surface area (Å²) in [6, 6.07) is -0.835. The van der Waals surface area contributed by atoms with E-state index in [1.807, 2.05) is 0 Å². The first-order chi connectivity index (χ1) is 13.1. The normalized spacial score (nSPS) is 13.1. The van der Waals surface area contributed by atoms with Gasteiger partial charge in [0.25, 0.3) is 0 Å². The van der Waals surface area contributed by atoms with Crippen LogP contribution in [0.4, 0.5) is 9.59 Å². The summed E-state index contributed by atoms with van der Waals surface area (Å²) in [5, 5.41) is 14.4. The lowest BCUT2D eigenvalue weighted by molar-refractivity contribution is -0.151. The molecule has 2 atom stereocenters. The number of aliphatic hydroxyl groups is 1. The van der Waals surface area contributed by atoms with Gasteiger partial charge in [-0.2, -0.15) is 0 Å². The van der Waals surface area contributed by atoms with E-state index in [9.17, 15) is 19.5 Å². The molecule has 11 heteroatoms. The second-order valence-corrected chi connectivity index (χ2v) is 8.26. The first-order valence-electron chi connectivity index (χ1n) is 9.20. The van der Waals surface area contributed by atoms with E-state index < -0.39 is 41.5 Å². The van der Waals surface area contributed by atoms with Gasteiger partial charge in [-0.25, -0.2) is 14.4 Å². The molecule has 0 bridgehead atoms. The van der Waals surface area contributed by atoms with Gasteiger partial charge in [-0.05, 0) is 54.4 Å². The summed E-state index contributed by atoms with van der Waals surface area (Å²) in [4.78, 5) is 39.3. The molecule has 0 aromatic carbocycles. The van der Waals surface area contributed by atoms with Gasteiger partial charge >= 0.3 is 18.2 Å². The molecule has 0 aliphatic carbocycles. The smallest absolute Gasteiger partial charge is 0.414 e. The SMILES string of the molecule is C.COC(=O)C(O)[C@@H](N)CCCN=C(NC(=O)OC(C)(C)C)NC(=O)OC(C)(C)C. The van der Waals surface area contributed by atoms with Gasteiger partial charge in [-0.15, -0.1) is 0 Å². The minimum atomic E-state index is -1.44. The molecule has 0 heterocycles. The van der Waals surface area contributed by atoms with Crippen LogP contribution in [-0.2, 0) is 19.0 Å². The summed E-state index contributed by atoms with van der Waals surface area (Å²) < 4.78 is 14.7. The third-order valence-corrected chi connectivity index (χ3v) is 3.05. The Morgan fingerprint density at radius 3 is 1.80 bits per heavy atom. The first-order valence-corrected chi connectivity index (χ1v) is 9.20. The van der Waals surface area contributed by atoms with Crippen molar-refractivity contribution in [3.63, 3.8) is 0 Å². The van der Waals surface area contributed by atoms with Crippen molar-refractivity contribution in [3.05, 3.63) is 0 Å². The Hall–Kier alpha value is -2.40. The number of esters is 1. The first kappa shape index (κ1) is 29.8. The number of nitrogens with two attached hydrogens (primary N) is 1. The zero-order chi connectivity index (χ0) is 22.8. The lowest BCUT2D eigenvalue weighted by Gasteiger charge is -2.22. The van der Waals surface area contributed by atoms with Crippen LogP contribution in [0.3, 0.4) is 0 Å². The molecule has 0 saturated carbocycles. The molecule has 0 fully saturated rings. The Morgan fingerprint density at radius 1 is 1.00 bits per heavy atom. The largest absolute Gasteiger partial charge is 0.467 e. The highest BCUT2D eigenvalue weighted by molar-refractivity contribution is 6.01. The fourth-order valence-corrected chi connectivity index (χ4v) is 1.88. The number of methoxy groups -OCH3 is 1. The maximum absolute atomic E-state index is 12.0. The molecule has 0 radical (unpaired) electrons. The number of carbonyl (C=O) groups excluding carboxylic acids is 3. The van der Waals surface area contributed by atoms with Gasteiger partial charge in [0.15, 0.2) is 6.10 Å².